The van der Waals surface area contributed by atoms with Crippen LogP contribution in [0.4, 0.5) is 32.0 Å². The molecule has 0 radical (unpaired) electrons. The standard InChI is InChI=1S/C16H8ClF6NO5S/c17-10-4-11-12(28-6-14(25)24-11)5-13(10)30(26,27)29-9-2-7(15(18,19)20)1-8(3-9)16(21,22)23/h1-5H,6H2,(H,24,25). The molecule has 2 aromatic carbocycles. The van der Waals surface area contributed by atoms with Gasteiger partial charge in [-0.25, -0.2) is 0 Å². The number of amides is 1. The number of hydrogen-bond acceptors (Lipinski definition) is 5. The van der Waals surface area contributed by atoms with Gasteiger partial charge in [0.1, 0.15) is 16.4 Å². The average Bonchev–Trinajstić information content (AvgIpc) is 2.58. The maximum absolute atomic E-state index is 12.9. The SMILES string of the molecule is O=C1COc2cc(S(=O)(=O)Oc3cc(C(F)(F)F)cc(C(F)(F)F)c3)c(Cl)cc2N1. The Balaban J connectivity index is 2.05. The molecule has 0 unspecified atom stereocenters. The summed E-state index contributed by atoms with van der Waals surface area (Å²) >= 11 is 5.84. The fourth-order valence-corrected chi connectivity index (χ4v) is 3.85. The van der Waals surface area contributed by atoms with Crippen molar-refractivity contribution in [2.24, 2.45) is 0 Å². The van der Waals surface area contributed by atoms with Gasteiger partial charge in [-0.15, -0.1) is 0 Å². The molecule has 3 rings (SSSR count). The monoisotopic (exact) mass is 475 g/mol. The Morgan fingerprint density at radius 1 is 0.967 bits per heavy atom. The lowest BCUT2D eigenvalue weighted by molar-refractivity contribution is -0.143. The number of alkyl halides is 6. The molecule has 0 saturated heterocycles. The molecule has 1 amide bonds. The zero-order valence-electron chi connectivity index (χ0n) is 14.2. The number of carbonyl (C=O) groups excluding carboxylic acids is 1. The number of hydrogen-bond donors (Lipinski definition) is 1. The molecule has 0 spiro atoms. The minimum atomic E-state index is -5.20. The molecular weight excluding hydrogens is 468 g/mol. The molecule has 0 aromatic heterocycles. The van der Waals surface area contributed by atoms with Gasteiger partial charge in [0.25, 0.3) is 5.91 Å². The number of fused-ring (bicyclic) bond motifs is 1. The molecule has 0 bridgehead atoms. The van der Waals surface area contributed by atoms with E-state index < -0.39 is 61.8 Å². The molecule has 0 aliphatic carbocycles. The Morgan fingerprint density at radius 2 is 1.53 bits per heavy atom. The third kappa shape index (κ3) is 4.56. The quantitative estimate of drug-likeness (QED) is 0.523. The van der Waals surface area contributed by atoms with Crippen LogP contribution < -0.4 is 14.2 Å². The number of anilines is 1. The number of ether oxygens (including phenoxy) is 1. The molecule has 6 nitrogen and oxygen atoms in total. The summed E-state index contributed by atoms with van der Waals surface area (Å²) in [5.74, 6) is -1.91. The fraction of sp³-hybridized carbons (Fsp3) is 0.188. The predicted octanol–water partition coefficient (Wildman–Crippen LogP) is 4.48. The van der Waals surface area contributed by atoms with Crippen LogP contribution in [0.25, 0.3) is 0 Å². The number of benzene rings is 2. The van der Waals surface area contributed by atoms with E-state index >= 15 is 0 Å². The molecule has 0 saturated carbocycles. The van der Waals surface area contributed by atoms with Gasteiger partial charge in [0.2, 0.25) is 0 Å². The normalized spacial score (nSPS) is 14.6. The van der Waals surface area contributed by atoms with Crippen LogP contribution in [-0.2, 0) is 27.3 Å². The predicted molar refractivity (Wildman–Crippen MR) is 89.8 cm³/mol. The van der Waals surface area contributed by atoms with Gasteiger partial charge in [0.05, 0.1) is 21.8 Å². The van der Waals surface area contributed by atoms with E-state index in [1.807, 2.05) is 0 Å². The van der Waals surface area contributed by atoms with Crippen molar-refractivity contribution >= 4 is 33.3 Å². The summed E-state index contributed by atoms with van der Waals surface area (Å²) in [6.45, 7) is -0.447. The smallest absolute Gasteiger partial charge is 0.416 e. The Labute approximate surface area is 169 Å². The van der Waals surface area contributed by atoms with Gasteiger partial charge < -0.3 is 14.2 Å². The van der Waals surface area contributed by atoms with Crippen molar-refractivity contribution in [1.82, 2.24) is 0 Å². The molecule has 2 aromatic rings. The second kappa shape index (κ2) is 7.23. The lowest BCUT2D eigenvalue weighted by Gasteiger charge is -2.19. The maximum Gasteiger partial charge on any atom is 0.416 e. The summed E-state index contributed by atoms with van der Waals surface area (Å²) in [4.78, 5) is 10.5. The Bertz CT molecular complexity index is 1100. The van der Waals surface area contributed by atoms with E-state index in [1.165, 1.54) is 0 Å². The third-order valence-electron chi connectivity index (χ3n) is 3.70. The number of nitrogens with one attached hydrogen (secondary N) is 1. The number of carbonyl (C=O) groups is 1. The molecule has 1 aliphatic heterocycles. The van der Waals surface area contributed by atoms with Crippen LogP contribution in [0.2, 0.25) is 5.02 Å². The topological polar surface area (TPSA) is 81.7 Å². The summed E-state index contributed by atoms with van der Waals surface area (Å²) in [5.41, 5.74) is -3.50. The molecule has 14 heteroatoms. The van der Waals surface area contributed by atoms with Crippen molar-refractivity contribution in [2.75, 3.05) is 11.9 Å². The van der Waals surface area contributed by atoms with Crippen molar-refractivity contribution in [3.8, 4) is 11.5 Å². The first-order chi connectivity index (χ1) is 13.7. The van der Waals surface area contributed by atoms with Gasteiger partial charge in [0.15, 0.2) is 6.61 Å². The lowest BCUT2D eigenvalue weighted by Crippen LogP contribution is -2.25. The molecule has 1 heterocycles. The van der Waals surface area contributed by atoms with Gasteiger partial charge in [-0.2, -0.15) is 34.8 Å². The van der Waals surface area contributed by atoms with Crippen LogP contribution in [0.1, 0.15) is 11.1 Å². The largest absolute Gasteiger partial charge is 0.482 e. The highest BCUT2D eigenvalue weighted by Gasteiger charge is 2.38. The minimum absolute atomic E-state index is 0.0219. The van der Waals surface area contributed by atoms with Crippen molar-refractivity contribution in [3.63, 3.8) is 0 Å². The van der Waals surface area contributed by atoms with E-state index in [-0.39, 0.29) is 29.6 Å². The van der Waals surface area contributed by atoms with E-state index in [9.17, 15) is 39.6 Å². The molecule has 1 aliphatic rings. The van der Waals surface area contributed by atoms with Crippen LogP contribution >= 0.6 is 11.6 Å². The first-order valence-electron chi connectivity index (χ1n) is 7.67. The molecule has 162 valence electrons. The summed E-state index contributed by atoms with van der Waals surface area (Å²) in [6, 6.07) is 1.84. The van der Waals surface area contributed by atoms with E-state index in [0.29, 0.717) is 0 Å². The molecular formula is C16H8ClF6NO5S. The Morgan fingerprint density at radius 3 is 2.07 bits per heavy atom. The van der Waals surface area contributed by atoms with Crippen LogP contribution in [0.3, 0.4) is 0 Å². The van der Waals surface area contributed by atoms with Gasteiger partial charge in [-0.1, -0.05) is 11.6 Å². The molecule has 0 atom stereocenters. The second-order valence-electron chi connectivity index (χ2n) is 5.89. The van der Waals surface area contributed by atoms with Crippen LogP contribution in [0.15, 0.2) is 35.2 Å². The lowest BCUT2D eigenvalue weighted by atomic mass is 10.1. The van der Waals surface area contributed by atoms with Gasteiger partial charge in [-0.05, 0) is 24.3 Å². The molecule has 0 fully saturated rings. The van der Waals surface area contributed by atoms with Gasteiger partial charge in [0, 0.05) is 6.07 Å². The minimum Gasteiger partial charge on any atom is -0.482 e. The number of rotatable bonds is 3. The van der Waals surface area contributed by atoms with Gasteiger partial charge in [-0.3, -0.25) is 4.79 Å². The summed E-state index contributed by atoms with van der Waals surface area (Å²) in [7, 11) is -4.97. The first-order valence-corrected chi connectivity index (χ1v) is 9.45. The highest BCUT2D eigenvalue weighted by atomic mass is 35.5. The van der Waals surface area contributed by atoms with Gasteiger partial charge >= 0.3 is 22.5 Å². The van der Waals surface area contributed by atoms with E-state index in [1.54, 1.807) is 0 Å². The van der Waals surface area contributed by atoms with Crippen LogP contribution in [-0.4, -0.2) is 20.9 Å². The molecule has 30 heavy (non-hydrogen) atoms. The van der Waals surface area contributed by atoms with E-state index in [2.05, 4.69) is 9.50 Å². The highest BCUT2D eigenvalue weighted by Crippen LogP contribution is 2.40. The highest BCUT2D eigenvalue weighted by molar-refractivity contribution is 7.87. The summed E-state index contributed by atoms with van der Waals surface area (Å²) in [6.07, 6.45) is -10.4. The maximum atomic E-state index is 12.9. The van der Waals surface area contributed by atoms with Crippen LogP contribution in [0.5, 0.6) is 11.5 Å². The number of halogens is 7. The van der Waals surface area contributed by atoms with Crippen molar-refractivity contribution in [3.05, 3.63) is 46.5 Å². The molecule has 1 N–H and O–H groups in total. The van der Waals surface area contributed by atoms with Crippen molar-refractivity contribution < 1.29 is 48.5 Å². The first kappa shape index (κ1) is 22.0. The summed E-state index contributed by atoms with van der Waals surface area (Å²) in [5, 5.41) is 1.83. The van der Waals surface area contributed by atoms with Crippen LogP contribution in [0, 0.1) is 0 Å². The fourth-order valence-electron chi connectivity index (χ4n) is 2.42. The van der Waals surface area contributed by atoms with Crippen molar-refractivity contribution in [1.29, 1.82) is 0 Å². The Kier molecular flexibility index (Phi) is 5.31. The Hall–Kier alpha value is -2.67. The third-order valence-corrected chi connectivity index (χ3v) is 5.42. The average molecular weight is 476 g/mol. The zero-order chi connectivity index (χ0) is 22.5. The second-order valence-corrected chi connectivity index (χ2v) is 7.82. The zero-order valence-corrected chi connectivity index (χ0v) is 15.8. The van der Waals surface area contributed by atoms with E-state index in [0.717, 1.165) is 12.1 Å². The van der Waals surface area contributed by atoms with E-state index in [4.69, 9.17) is 16.3 Å². The van der Waals surface area contributed by atoms with Crippen molar-refractivity contribution in [2.45, 2.75) is 17.2 Å². The summed E-state index contributed by atoms with van der Waals surface area (Å²) < 4.78 is 112.